The molecule has 1 aromatic heterocycles. The summed E-state index contributed by atoms with van der Waals surface area (Å²) in [4.78, 5) is 11.7. The van der Waals surface area contributed by atoms with E-state index in [1.807, 2.05) is 12.4 Å². The van der Waals surface area contributed by atoms with Crippen LogP contribution in [0.15, 0.2) is 12.4 Å². The first-order valence-corrected chi connectivity index (χ1v) is 6.40. The highest BCUT2D eigenvalue weighted by molar-refractivity contribution is 5.19. The van der Waals surface area contributed by atoms with E-state index in [-0.39, 0.29) is 0 Å². The summed E-state index contributed by atoms with van der Waals surface area (Å²) in [5.41, 5.74) is 2.49. The molecule has 1 atom stereocenters. The topological polar surface area (TPSA) is 29.0 Å². The third kappa shape index (κ3) is 1.63. The molecular formula is C13H19N3. The van der Waals surface area contributed by atoms with E-state index in [1.165, 1.54) is 43.9 Å². The number of aromatic nitrogens is 2. The molecule has 3 aliphatic heterocycles. The summed E-state index contributed by atoms with van der Waals surface area (Å²) < 4.78 is 0. The summed E-state index contributed by atoms with van der Waals surface area (Å²) in [6.45, 7) is 5.97. The van der Waals surface area contributed by atoms with Crippen LogP contribution in [0, 0.1) is 5.92 Å². The fourth-order valence-corrected chi connectivity index (χ4v) is 3.23. The molecule has 4 rings (SSSR count). The molecule has 0 amide bonds. The Kier molecular flexibility index (Phi) is 2.64. The van der Waals surface area contributed by atoms with Crippen molar-refractivity contribution >= 4 is 0 Å². The third-order valence-electron chi connectivity index (χ3n) is 4.15. The average molecular weight is 217 g/mol. The van der Waals surface area contributed by atoms with E-state index in [9.17, 15) is 0 Å². The van der Waals surface area contributed by atoms with Crippen molar-refractivity contribution in [1.82, 2.24) is 14.9 Å². The lowest BCUT2D eigenvalue weighted by Gasteiger charge is -2.44. The van der Waals surface area contributed by atoms with Gasteiger partial charge in [0.1, 0.15) is 0 Å². The monoisotopic (exact) mass is 217 g/mol. The first-order valence-electron chi connectivity index (χ1n) is 6.40. The highest BCUT2D eigenvalue weighted by atomic mass is 15.2. The predicted molar refractivity (Wildman–Crippen MR) is 63.3 cm³/mol. The predicted octanol–water partition coefficient (Wildman–Crippen LogP) is 1.85. The molecule has 3 nitrogen and oxygen atoms in total. The zero-order chi connectivity index (χ0) is 11.0. The van der Waals surface area contributed by atoms with Crippen molar-refractivity contribution in [3.05, 3.63) is 23.8 Å². The van der Waals surface area contributed by atoms with Crippen molar-refractivity contribution in [1.29, 1.82) is 0 Å². The highest BCUT2D eigenvalue weighted by Gasteiger charge is 2.36. The molecule has 3 heteroatoms. The molecule has 3 saturated heterocycles. The number of aryl methyl sites for hydroxylation is 1. The number of hydrogen-bond acceptors (Lipinski definition) is 3. The van der Waals surface area contributed by atoms with Gasteiger partial charge < -0.3 is 4.90 Å². The molecule has 3 aliphatic rings. The lowest BCUT2D eigenvalue weighted by atomic mass is 9.76. The Morgan fingerprint density at radius 3 is 2.62 bits per heavy atom. The van der Waals surface area contributed by atoms with E-state index in [1.54, 1.807) is 0 Å². The summed E-state index contributed by atoms with van der Waals surface area (Å²) in [7, 11) is 0. The Morgan fingerprint density at radius 2 is 2.00 bits per heavy atom. The molecule has 2 bridgehead atoms. The van der Waals surface area contributed by atoms with Crippen LogP contribution in [-0.4, -0.2) is 34.5 Å². The zero-order valence-electron chi connectivity index (χ0n) is 9.89. The Bertz CT molecular complexity index is 369. The molecule has 0 spiro atoms. The molecule has 0 radical (unpaired) electrons. The van der Waals surface area contributed by atoms with Gasteiger partial charge in [0.2, 0.25) is 0 Å². The maximum absolute atomic E-state index is 4.60. The van der Waals surface area contributed by atoms with Gasteiger partial charge in [0, 0.05) is 24.9 Å². The molecule has 0 N–H and O–H groups in total. The standard InChI is InChI=1S/C13H19N3/c1-2-12-13(15-6-5-14-12)11-9-16-7-3-10(11)4-8-16/h5-6,10-11H,2-4,7-9H2,1H3. The molecule has 1 aromatic rings. The van der Waals surface area contributed by atoms with Crippen LogP contribution in [0.2, 0.25) is 0 Å². The van der Waals surface area contributed by atoms with E-state index in [0.717, 1.165) is 12.3 Å². The fourth-order valence-electron chi connectivity index (χ4n) is 3.23. The molecular weight excluding hydrogens is 198 g/mol. The Balaban J connectivity index is 1.91. The molecule has 1 unspecified atom stereocenters. The minimum Gasteiger partial charge on any atom is -0.303 e. The third-order valence-corrected chi connectivity index (χ3v) is 4.15. The zero-order valence-corrected chi connectivity index (χ0v) is 9.89. The van der Waals surface area contributed by atoms with Gasteiger partial charge in [0.05, 0.1) is 11.4 Å². The lowest BCUT2D eigenvalue weighted by Crippen LogP contribution is -2.46. The number of hydrogen-bond donors (Lipinski definition) is 0. The molecule has 16 heavy (non-hydrogen) atoms. The maximum atomic E-state index is 4.60. The fraction of sp³-hybridized carbons (Fsp3) is 0.692. The van der Waals surface area contributed by atoms with Crippen molar-refractivity contribution in [2.45, 2.75) is 32.1 Å². The van der Waals surface area contributed by atoms with Gasteiger partial charge in [-0.25, -0.2) is 0 Å². The largest absolute Gasteiger partial charge is 0.303 e. The van der Waals surface area contributed by atoms with E-state index >= 15 is 0 Å². The second kappa shape index (κ2) is 4.13. The highest BCUT2D eigenvalue weighted by Crippen LogP contribution is 2.38. The van der Waals surface area contributed by atoms with Crippen LogP contribution < -0.4 is 0 Å². The van der Waals surface area contributed by atoms with Gasteiger partial charge in [-0.1, -0.05) is 6.92 Å². The van der Waals surface area contributed by atoms with E-state index in [4.69, 9.17) is 0 Å². The number of rotatable bonds is 2. The number of fused-ring (bicyclic) bond motifs is 3. The van der Waals surface area contributed by atoms with E-state index < -0.39 is 0 Å². The van der Waals surface area contributed by atoms with Crippen molar-refractivity contribution in [2.24, 2.45) is 5.92 Å². The summed E-state index contributed by atoms with van der Waals surface area (Å²) in [5, 5.41) is 0. The van der Waals surface area contributed by atoms with Crippen LogP contribution in [0.1, 0.15) is 37.1 Å². The van der Waals surface area contributed by atoms with Crippen molar-refractivity contribution in [3.63, 3.8) is 0 Å². The van der Waals surface area contributed by atoms with Gasteiger partial charge in [-0.05, 0) is 38.3 Å². The molecule has 3 fully saturated rings. The first-order chi connectivity index (χ1) is 7.88. The van der Waals surface area contributed by atoms with Gasteiger partial charge in [-0.15, -0.1) is 0 Å². The molecule has 0 aromatic carbocycles. The second-order valence-electron chi connectivity index (χ2n) is 4.99. The minimum absolute atomic E-state index is 0.645. The van der Waals surface area contributed by atoms with Gasteiger partial charge in [-0.2, -0.15) is 0 Å². The van der Waals surface area contributed by atoms with Crippen LogP contribution in [-0.2, 0) is 6.42 Å². The van der Waals surface area contributed by atoms with Crippen LogP contribution in [0.5, 0.6) is 0 Å². The number of nitrogens with zero attached hydrogens (tertiary/aromatic N) is 3. The molecule has 86 valence electrons. The smallest absolute Gasteiger partial charge is 0.0665 e. The van der Waals surface area contributed by atoms with Crippen LogP contribution in [0.3, 0.4) is 0 Å². The van der Waals surface area contributed by atoms with Crippen LogP contribution in [0.25, 0.3) is 0 Å². The Morgan fingerprint density at radius 1 is 1.25 bits per heavy atom. The van der Waals surface area contributed by atoms with Crippen molar-refractivity contribution < 1.29 is 0 Å². The van der Waals surface area contributed by atoms with E-state index in [0.29, 0.717) is 5.92 Å². The molecule has 0 saturated carbocycles. The SMILES string of the molecule is CCc1nccnc1C1CN2CCC1CC2. The summed E-state index contributed by atoms with van der Waals surface area (Å²) in [6.07, 6.45) is 7.39. The Labute approximate surface area is 96.9 Å². The van der Waals surface area contributed by atoms with Crippen LogP contribution in [0.4, 0.5) is 0 Å². The van der Waals surface area contributed by atoms with Crippen molar-refractivity contribution in [2.75, 3.05) is 19.6 Å². The average Bonchev–Trinajstić information content (AvgIpc) is 2.40. The van der Waals surface area contributed by atoms with Gasteiger partial charge >= 0.3 is 0 Å². The maximum Gasteiger partial charge on any atom is 0.0665 e. The van der Waals surface area contributed by atoms with Crippen molar-refractivity contribution in [3.8, 4) is 0 Å². The van der Waals surface area contributed by atoms with Gasteiger partial charge in [0.15, 0.2) is 0 Å². The quantitative estimate of drug-likeness (QED) is 0.757. The normalized spacial score (nSPS) is 32.9. The minimum atomic E-state index is 0.645. The summed E-state index contributed by atoms with van der Waals surface area (Å²) in [6, 6.07) is 0. The van der Waals surface area contributed by atoms with E-state index in [2.05, 4.69) is 21.8 Å². The number of piperidine rings is 3. The second-order valence-corrected chi connectivity index (χ2v) is 4.99. The Hall–Kier alpha value is -0.960. The molecule has 4 heterocycles. The van der Waals surface area contributed by atoms with Crippen LogP contribution >= 0.6 is 0 Å². The molecule has 0 aliphatic carbocycles. The van der Waals surface area contributed by atoms with Gasteiger partial charge in [0.25, 0.3) is 0 Å². The van der Waals surface area contributed by atoms with Gasteiger partial charge in [-0.3, -0.25) is 9.97 Å². The lowest BCUT2D eigenvalue weighted by molar-refractivity contribution is 0.0849. The first kappa shape index (κ1) is 10.2. The summed E-state index contributed by atoms with van der Waals surface area (Å²) >= 11 is 0. The summed E-state index contributed by atoms with van der Waals surface area (Å²) in [5.74, 6) is 1.50.